The molecule has 2 atom stereocenters. The summed E-state index contributed by atoms with van der Waals surface area (Å²) < 4.78 is 22.6. The van der Waals surface area contributed by atoms with Crippen molar-refractivity contribution < 1.29 is 18.7 Å². The van der Waals surface area contributed by atoms with Crippen molar-refractivity contribution in [2.24, 2.45) is 0 Å². The van der Waals surface area contributed by atoms with Crippen LogP contribution in [0.1, 0.15) is 29.8 Å². The van der Waals surface area contributed by atoms with Crippen LogP contribution in [0.3, 0.4) is 0 Å². The van der Waals surface area contributed by atoms with Gasteiger partial charge in [0.1, 0.15) is 17.6 Å². The summed E-state index contributed by atoms with van der Waals surface area (Å²) in [5, 5.41) is 7.67. The summed E-state index contributed by atoms with van der Waals surface area (Å²) in [6.07, 6.45) is 1.58. The van der Waals surface area contributed by atoms with Crippen molar-refractivity contribution in [1.82, 2.24) is 14.7 Å². The summed E-state index contributed by atoms with van der Waals surface area (Å²) in [6, 6.07) is 19.8. The molecule has 3 heterocycles. The summed E-state index contributed by atoms with van der Waals surface area (Å²) in [5.74, 6) is -0.448. The fraction of sp³-hybridized carbons (Fsp3) is 0.207. The molecule has 0 saturated carbocycles. The molecule has 6 rings (SSSR count). The molecule has 1 fully saturated rings. The Hall–Kier alpha value is -3.82. The molecule has 9 heteroatoms. The average Bonchev–Trinajstić information content (AvgIpc) is 3.58. The molecule has 2 amide bonds. The van der Waals surface area contributed by atoms with Gasteiger partial charge >= 0.3 is 0 Å². The van der Waals surface area contributed by atoms with Crippen LogP contribution in [-0.2, 0) is 27.2 Å². The van der Waals surface area contributed by atoms with E-state index in [1.54, 1.807) is 28.6 Å². The number of nitrogens with one attached hydrogen (secondary N) is 1. The Morgan fingerprint density at radius 2 is 1.84 bits per heavy atom. The topological polar surface area (TPSA) is 76.5 Å². The summed E-state index contributed by atoms with van der Waals surface area (Å²) in [6.45, 7) is 2.18. The van der Waals surface area contributed by atoms with Crippen LogP contribution in [-0.4, -0.2) is 39.1 Å². The van der Waals surface area contributed by atoms with Gasteiger partial charge in [0, 0.05) is 34.0 Å². The number of halogens is 2. The van der Waals surface area contributed by atoms with Crippen LogP contribution in [0, 0.1) is 5.82 Å². The lowest BCUT2D eigenvalue weighted by Crippen LogP contribution is -2.32. The first-order chi connectivity index (χ1) is 18.4. The second kappa shape index (κ2) is 9.81. The number of nitrogens with zero attached hydrogens (tertiary/aromatic N) is 3. The second-order valence-electron chi connectivity index (χ2n) is 9.49. The van der Waals surface area contributed by atoms with Crippen molar-refractivity contribution >= 4 is 33.4 Å². The normalized spacial score (nSPS) is 18.7. The smallest absolute Gasteiger partial charge is 0.253 e. The van der Waals surface area contributed by atoms with E-state index >= 15 is 0 Å². The van der Waals surface area contributed by atoms with Crippen LogP contribution in [0.15, 0.2) is 77.4 Å². The van der Waals surface area contributed by atoms with Gasteiger partial charge in [0.2, 0.25) is 5.91 Å². The molecule has 2 unspecified atom stereocenters. The number of amides is 2. The number of benzene rings is 3. The second-order valence-corrected chi connectivity index (χ2v) is 10.4. The minimum absolute atomic E-state index is 0.00901. The molecule has 192 valence electrons. The van der Waals surface area contributed by atoms with Crippen molar-refractivity contribution in [2.75, 3.05) is 11.9 Å². The van der Waals surface area contributed by atoms with E-state index in [9.17, 15) is 14.0 Å². The van der Waals surface area contributed by atoms with E-state index in [1.165, 1.54) is 12.1 Å². The van der Waals surface area contributed by atoms with Crippen molar-refractivity contribution in [2.45, 2.75) is 32.1 Å². The molecule has 1 N–H and O–H groups in total. The highest BCUT2D eigenvalue weighted by molar-refractivity contribution is 9.10. The van der Waals surface area contributed by atoms with Crippen molar-refractivity contribution in [3.05, 3.63) is 99.9 Å². The number of hydrogen-bond acceptors (Lipinski definition) is 4. The SMILES string of the molecule is CC1OC(c2cn(-c3ccc(Br)cc3)nc2-c2ccc(F)cc2)N(CCc2ccc3c(c2)CC(=O)N3)C1=O. The Bertz CT molecular complexity index is 1530. The minimum Gasteiger partial charge on any atom is -0.341 e. The van der Waals surface area contributed by atoms with Crippen LogP contribution >= 0.6 is 15.9 Å². The van der Waals surface area contributed by atoms with Crippen LogP contribution in [0.25, 0.3) is 16.9 Å². The Labute approximate surface area is 227 Å². The van der Waals surface area contributed by atoms with E-state index in [0.29, 0.717) is 25.1 Å². The third-order valence-electron chi connectivity index (χ3n) is 6.90. The maximum atomic E-state index is 13.7. The molecule has 4 aromatic rings. The number of hydrogen-bond donors (Lipinski definition) is 1. The highest BCUT2D eigenvalue weighted by Gasteiger charge is 2.40. The van der Waals surface area contributed by atoms with Gasteiger partial charge in [-0.2, -0.15) is 5.10 Å². The van der Waals surface area contributed by atoms with Crippen LogP contribution in [0.4, 0.5) is 10.1 Å². The van der Waals surface area contributed by atoms with Gasteiger partial charge in [0.15, 0.2) is 6.23 Å². The Morgan fingerprint density at radius 3 is 2.61 bits per heavy atom. The highest BCUT2D eigenvalue weighted by atomic mass is 79.9. The van der Waals surface area contributed by atoms with Crippen molar-refractivity contribution in [3.8, 4) is 16.9 Å². The Balaban J connectivity index is 1.34. The van der Waals surface area contributed by atoms with Gasteiger partial charge in [-0.25, -0.2) is 9.07 Å². The summed E-state index contributed by atoms with van der Waals surface area (Å²) in [4.78, 5) is 26.7. The Morgan fingerprint density at radius 1 is 1.08 bits per heavy atom. The first-order valence-corrected chi connectivity index (χ1v) is 13.1. The zero-order chi connectivity index (χ0) is 26.4. The van der Waals surface area contributed by atoms with E-state index in [2.05, 4.69) is 21.2 Å². The van der Waals surface area contributed by atoms with E-state index in [1.807, 2.05) is 48.7 Å². The maximum Gasteiger partial charge on any atom is 0.253 e. The lowest BCUT2D eigenvalue weighted by molar-refractivity contribution is -0.130. The van der Waals surface area contributed by atoms with Gasteiger partial charge in [-0.05, 0) is 79.1 Å². The summed E-state index contributed by atoms with van der Waals surface area (Å²) in [7, 11) is 0. The number of carbonyl (C=O) groups excluding carboxylic acids is 2. The molecular formula is C29H24BrFN4O3. The predicted octanol–water partition coefficient (Wildman–Crippen LogP) is 5.42. The maximum absolute atomic E-state index is 13.7. The zero-order valence-electron chi connectivity index (χ0n) is 20.5. The summed E-state index contributed by atoms with van der Waals surface area (Å²) in [5.41, 5.74) is 5.76. The summed E-state index contributed by atoms with van der Waals surface area (Å²) >= 11 is 3.46. The molecule has 1 saturated heterocycles. The van der Waals surface area contributed by atoms with Gasteiger partial charge < -0.3 is 15.0 Å². The third kappa shape index (κ3) is 4.63. The zero-order valence-corrected chi connectivity index (χ0v) is 22.1. The van der Waals surface area contributed by atoms with Crippen molar-refractivity contribution in [1.29, 1.82) is 0 Å². The molecule has 2 aliphatic rings. The molecule has 1 aromatic heterocycles. The first-order valence-electron chi connectivity index (χ1n) is 12.3. The number of ether oxygens (including phenoxy) is 1. The number of rotatable bonds is 6. The molecule has 0 spiro atoms. The average molecular weight is 575 g/mol. The van der Waals surface area contributed by atoms with Gasteiger partial charge in [0.05, 0.1) is 12.1 Å². The van der Waals surface area contributed by atoms with E-state index < -0.39 is 12.3 Å². The molecule has 0 bridgehead atoms. The quantitative estimate of drug-likeness (QED) is 0.333. The minimum atomic E-state index is -0.653. The number of aromatic nitrogens is 2. The number of anilines is 1. The third-order valence-corrected chi connectivity index (χ3v) is 7.43. The largest absolute Gasteiger partial charge is 0.341 e. The lowest BCUT2D eigenvalue weighted by Gasteiger charge is -2.23. The van der Waals surface area contributed by atoms with Crippen LogP contribution < -0.4 is 5.32 Å². The monoisotopic (exact) mass is 574 g/mol. The standard InChI is InChI=1S/C29H24BrFN4O3/c1-17-28(37)34(13-12-18-2-11-25-20(14-18)15-26(36)32-25)29(38-17)24-16-35(23-9-5-21(30)6-10-23)33-27(24)19-3-7-22(31)8-4-19/h2-11,14,16-17,29H,12-13,15H2,1H3,(H,32,36). The fourth-order valence-electron chi connectivity index (χ4n) is 4.96. The van der Waals surface area contributed by atoms with Crippen LogP contribution in [0.2, 0.25) is 0 Å². The Kier molecular flexibility index (Phi) is 6.33. The molecule has 7 nitrogen and oxygen atoms in total. The van der Waals surface area contributed by atoms with Gasteiger partial charge in [-0.15, -0.1) is 0 Å². The molecule has 38 heavy (non-hydrogen) atoms. The van der Waals surface area contributed by atoms with Gasteiger partial charge in [0.25, 0.3) is 5.91 Å². The van der Waals surface area contributed by atoms with E-state index in [0.717, 1.165) is 38.1 Å². The van der Waals surface area contributed by atoms with E-state index in [-0.39, 0.29) is 17.6 Å². The lowest BCUT2D eigenvalue weighted by atomic mass is 10.0. The molecule has 3 aromatic carbocycles. The first kappa shape index (κ1) is 24.5. The predicted molar refractivity (Wildman–Crippen MR) is 144 cm³/mol. The fourth-order valence-corrected chi connectivity index (χ4v) is 5.22. The number of fused-ring (bicyclic) bond motifs is 1. The molecule has 2 aliphatic heterocycles. The highest BCUT2D eigenvalue weighted by Crippen LogP contribution is 2.37. The molecule has 0 aliphatic carbocycles. The van der Waals surface area contributed by atoms with E-state index in [4.69, 9.17) is 9.84 Å². The van der Waals surface area contributed by atoms with Gasteiger partial charge in [-0.1, -0.05) is 28.1 Å². The molecule has 0 radical (unpaired) electrons. The van der Waals surface area contributed by atoms with Gasteiger partial charge in [-0.3, -0.25) is 9.59 Å². The number of carbonyl (C=O) groups is 2. The van der Waals surface area contributed by atoms with Crippen molar-refractivity contribution in [3.63, 3.8) is 0 Å². The molecular weight excluding hydrogens is 551 g/mol. The van der Waals surface area contributed by atoms with Crippen LogP contribution in [0.5, 0.6) is 0 Å².